The van der Waals surface area contributed by atoms with E-state index in [1.54, 1.807) is 12.1 Å². The molecular formula is C14H15Cl2NO4. The van der Waals surface area contributed by atoms with Gasteiger partial charge in [0, 0.05) is 16.6 Å². The molecule has 0 spiro atoms. The Bertz CT molecular complexity index is 564. The van der Waals surface area contributed by atoms with Crippen LogP contribution in [0.1, 0.15) is 24.9 Å². The zero-order valence-electron chi connectivity index (χ0n) is 11.4. The van der Waals surface area contributed by atoms with Gasteiger partial charge in [0.05, 0.1) is 6.04 Å². The van der Waals surface area contributed by atoms with Gasteiger partial charge in [-0.1, -0.05) is 36.2 Å². The molecule has 2 atom stereocenters. The Morgan fingerprint density at radius 1 is 1.48 bits per heavy atom. The Morgan fingerprint density at radius 2 is 2.19 bits per heavy atom. The molecule has 1 aromatic carbocycles. The summed E-state index contributed by atoms with van der Waals surface area (Å²) in [6.07, 6.45) is -0.437. The smallest absolute Gasteiger partial charge is 0.335 e. The fourth-order valence-electron chi connectivity index (χ4n) is 2.44. The van der Waals surface area contributed by atoms with Crippen molar-refractivity contribution < 1.29 is 19.4 Å². The zero-order chi connectivity index (χ0) is 15.6. The second-order valence-corrected chi connectivity index (χ2v) is 5.61. The molecule has 1 aliphatic rings. The number of carbonyl (C=O) groups excluding carboxylic acids is 1. The van der Waals surface area contributed by atoms with Crippen molar-refractivity contribution in [3.05, 3.63) is 33.8 Å². The summed E-state index contributed by atoms with van der Waals surface area (Å²) in [7, 11) is 0. The fraction of sp³-hybridized carbons (Fsp3) is 0.429. The number of rotatable bonds is 4. The van der Waals surface area contributed by atoms with Crippen LogP contribution in [0.2, 0.25) is 10.0 Å². The third kappa shape index (κ3) is 3.31. The molecule has 1 fully saturated rings. The molecule has 0 aliphatic carbocycles. The standard InChI is InChI=1S/C14H15Cl2NO4/c1-2-5-17-11(18)7-21-13(14(19)20)12(17)9-4-3-8(15)6-10(9)16/h3-4,6,12-13H,2,5,7H2,1H3,(H,19,20). The Morgan fingerprint density at radius 3 is 2.76 bits per heavy atom. The molecule has 1 amide bonds. The molecule has 0 bridgehead atoms. The van der Waals surface area contributed by atoms with Crippen LogP contribution in [0.25, 0.3) is 0 Å². The van der Waals surface area contributed by atoms with Crippen LogP contribution in [0.15, 0.2) is 18.2 Å². The Balaban J connectivity index is 2.48. The number of halogens is 2. The lowest BCUT2D eigenvalue weighted by Crippen LogP contribution is -2.52. The van der Waals surface area contributed by atoms with E-state index in [0.29, 0.717) is 28.6 Å². The highest BCUT2D eigenvalue weighted by Crippen LogP contribution is 2.35. The van der Waals surface area contributed by atoms with Crippen molar-refractivity contribution in [2.45, 2.75) is 25.5 Å². The number of amides is 1. The van der Waals surface area contributed by atoms with Gasteiger partial charge in [0.15, 0.2) is 6.10 Å². The lowest BCUT2D eigenvalue weighted by atomic mass is 9.97. The predicted molar refractivity (Wildman–Crippen MR) is 78.6 cm³/mol. The highest BCUT2D eigenvalue weighted by atomic mass is 35.5. The van der Waals surface area contributed by atoms with Crippen LogP contribution >= 0.6 is 23.2 Å². The molecule has 2 rings (SSSR count). The number of ether oxygens (including phenoxy) is 1. The van der Waals surface area contributed by atoms with Crippen LogP contribution in [0.5, 0.6) is 0 Å². The van der Waals surface area contributed by atoms with Crippen molar-refractivity contribution >= 4 is 35.1 Å². The van der Waals surface area contributed by atoms with Gasteiger partial charge in [-0.25, -0.2) is 4.79 Å². The summed E-state index contributed by atoms with van der Waals surface area (Å²) in [5.41, 5.74) is 0.523. The maximum Gasteiger partial charge on any atom is 0.335 e. The molecule has 21 heavy (non-hydrogen) atoms. The van der Waals surface area contributed by atoms with Crippen LogP contribution in [-0.4, -0.2) is 41.1 Å². The summed E-state index contributed by atoms with van der Waals surface area (Å²) < 4.78 is 5.20. The monoisotopic (exact) mass is 331 g/mol. The first-order valence-corrected chi connectivity index (χ1v) is 7.30. The molecule has 1 N–H and O–H groups in total. The van der Waals surface area contributed by atoms with Gasteiger partial charge >= 0.3 is 5.97 Å². The van der Waals surface area contributed by atoms with E-state index in [1.165, 1.54) is 11.0 Å². The molecule has 0 radical (unpaired) electrons. The van der Waals surface area contributed by atoms with Gasteiger partial charge in [0.1, 0.15) is 6.61 Å². The number of carboxylic acids is 1. The average Bonchev–Trinajstić information content (AvgIpc) is 2.41. The third-order valence-electron chi connectivity index (χ3n) is 3.32. The minimum atomic E-state index is -1.15. The fourth-order valence-corrected chi connectivity index (χ4v) is 2.96. The van der Waals surface area contributed by atoms with Gasteiger partial charge in [-0.15, -0.1) is 0 Å². The van der Waals surface area contributed by atoms with Gasteiger partial charge in [-0.2, -0.15) is 0 Å². The first-order chi connectivity index (χ1) is 9.95. The molecule has 0 saturated carbocycles. The van der Waals surface area contributed by atoms with Gasteiger partial charge in [0.2, 0.25) is 5.91 Å². The van der Waals surface area contributed by atoms with Gasteiger partial charge in [0.25, 0.3) is 0 Å². The highest BCUT2D eigenvalue weighted by Gasteiger charge is 2.42. The SMILES string of the molecule is CCCN1C(=O)COC(C(=O)O)C1c1ccc(Cl)cc1Cl. The van der Waals surface area contributed by atoms with Crippen molar-refractivity contribution in [1.29, 1.82) is 0 Å². The van der Waals surface area contributed by atoms with Crippen LogP contribution in [0.4, 0.5) is 0 Å². The molecule has 2 unspecified atom stereocenters. The molecule has 1 aromatic rings. The van der Waals surface area contributed by atoms with E-state index in [-0.39, 0.29) is 12.5 Å². The summed E-state index contributed by atoms with van der Waals surface area (Å²) in [6, 6.07) is 4.02. The number of hydrogen-bond donors (Lipinski definition) is 1. The molecule has 1 saturated heterocycles. The number of nitrogens with zero attached hydrogens (tertiary/aromatic N) is 1. The van der Waals surface area contributed by atoms with Crippen molar-refractivity contribution in [2.24, 2.45) is 0 Å². The molecule has 1 heterocycles. The molecule has 114 valence electrons. The molecule has 1 aliphatic heterocycles. The number of benzene rings is 1. The maximum atomic E-state index is 12.1. The Labute approximate surface area is 132 Å². The first kappa shape index (κ1) is 16.1. The van der Waals surface area contributed by atoms with E-state index in [1.807, 2.05) is 6.92 Å². The van der Waals surface area contributed by atoms with E-state index < -0.39 is 18.1 Å². The summed E-state index contributed by atoms with van der Waals surface area (Å²) >= 11 is 12.0. The van der Waals surface area contributed by atoms with E-state index in [9.17, 15) is 14.7 Å². The quantitative estimate of drug-likeness (QED) is 0.921. The minimum absolute atomic E-state index is 0.237. The van der Waals surface area contributed by atoms with Crippen molar-refractivity contribution in [1.82, 2.24) is 4.90 Å². The van der Waals surface area contributed by atoms with Gasteiger partial charge in [-0.3, -0.25) is 4.79 Å². The molecule has 5 nitrogen and oxygen atoms in total. The first-order valence-electron chi connectivity index (χ1n) is 6.54. The van der Waals surface area contributed by atoms with E-state index in [0.717, 1.165) is 0 Å². The second kappa shape index (κ2) is 6.64. The van der Waals surface area contributed by atoms with Crippen LogP contribution in [0, 0.1) is 0 Å². The lowest BCUT2D eigenvalue weighted by Gasteiger charge is -2.39. The normalized spacial score (nSPS) is 22.4. The Kier molecular flexibility index (Phi) is 5.08. The number of morpholine rings is 1. The number of aliphatic carboxylic acids is 1. The molecule has 7 heteroatoms. The van der Waals surface area contributed by atoms with Crippen molar-refractivity contribution in [3.63, 3.8) is 0 Å². The van der Waals surface area contributed by atoms with E-state index in [4.69, 9.17) is 27.9 Å². The summed E-state index contributed by atoms with van der Waals surface area (Å²) in [4.78, 5) is 25.0. The maximum absolute atomic E-state index is 12.1. The summed E-state index contributed by atoms with van der Waals surface area (Å²) in [6.45, 7) is 2.12. The zero-order valence-corrected chi connectivity index (χ0v) is 12.9. The number of carboxylic acid groups (broad SMARTS) is 1. The van der Waals surface area contributed by atoms with Crippen LogP contribution in [0.3, 0.4) is 0 Å². The van der Waals surface area contributed by atoms with Crippen molar-refractivity contribution in [3.8, 4) is 0 Å². The minimum Gasteiger partial charge on any atom is -0.479 e. The van der Waals surface area contributed by atoms with Crippen LogP contribution in [-0.2, 0) is 14.3 Å². The Hall–Kier alpha value is -1.30. The molecular weight excluding hydrogens is 317 g/mol. The van der Waals surface area contributed by atoms with E-state index in [2.05, 4.69) is 0 Å². The molecule has 0 aromatic heterocycles. The number of hydrogen-bond acceptors (Lipinski definition) is 3. The predicted octanol–water partition coefficient (Wildman–Crippen LogP) is 2.76. The lowest BCUT2D eigenvalue weighted by molar-refractivity contribution is -0.173. The van der Waals surface area contributed by atoms with Gasteiger partial charge in [-0.05, 0) is 24.1 Å². The average molecular weight is 332 g/mol. The van der Waals surface area contributed by atoms with E-state index >= 15 is 0 Å². The third-order valence-corrected chi connectivity index (χ3v) is 3.88. The highest BCUT2D eigenvalue weighted by molar-refractivity contribution is 6.35. The number of carbonyl (C=O) groups is 2. The summed E-state index contributed by atoms with van der Waals surface area (Å²) in [5, 5.41) is 10.1. The largest absolute Gasteiger partial charge is 0.479 e. The summed E-state index contributed by atoms with van der Waals surface area (Å²) in [5.74, 6) is -1.37. The second-order valence-electron chi connectivity index (χ2n) is 4.77. The van der Waals surface area contributed by atoms with Crippen molar-refractivity contribution in [2.75, 3.05) is 13.2 Å². The van der Waals surface area contributed by atoms with Gasteiger partial charge < -0.3 is 14.7 Å². The topological polar surface area (TPSA) is 66.8 Å². The van der Waals surface area contributed by atoms with Crippen LogP contribution < -0.4 is 0 Å².